The number of halogens is 1. The smallest absolute Gasteiger partial charge is 0.363 e. The van der Waals surface area contributed by atoms with Gasteiger partial charge in [0.25, 0.3) is 0 Å². The van der Waals surface area contributed by atoms with Gasteiger partial charge in [0.05, 0.1) is 0 Å². The van der Waals surface area contributed by atoms with Crippen molar-refractivity contribution in [1.82, 2.24) is 4.67 Å². The highest BCUT2D eigenvalue weighted by Gasteiger charge is 2.17. The molecule has 0 aliphatic heterocycles. The van der Waals surface area contributed by atoms with Crippen LogP contribution in [-0.2, 0) is 0 Å². The fourth-order valence-electron chi connectivity index (χ4n) is 1.07. The Morgan fingerprint density at radius 2 is 1.79 bits per heavy atom. The molecule has 0 saturated carbocycles. The molecule has 0 aliphatic carbocycles. The summed E-state index contributed by atoms with van der Waals surface area (Å²) in [5.41, 5.74) is 0. The van der Waals surface area contributed by atoms with Crippen LogP contribution in [0.15, 0.2) is 30.3 Å². The van der Waals surface area contributed by atoms with Gasteiger partial charge >= 0.3 is 8.61 Å². The molecule has 0 fully saturated rings. The number of rotatable bonds is 5. The number of para-hydroxylation sites is 1. The molecule has 1 aromatic rings. The normalized spacial score (nSPS) is 12.9. The largest absolute Gasteiger partial charge is 0.433 e. The molecule has 78 valence electrons. The third-order valence-electron chi connectivity index (χ3n) is 1.88. The third kappa shape index (κ3) is 3.24. The summed E-state index contributed by atoms with van der Waals surface area (Å²) < 4.78 is 20.4. The second-order valence-electron chi connectivity index (χ2n) is 2.77. The maximum Gasteiger partial charge on any atom is 0.363 e. The summed E-state index contributed by atoms with van der Waals surface area (Å²) in [5.74, 6) is 0.591. The molecule has 0 aromatic heterocycles. The maximum absolute atomic E-state index is 13.5. The Kier molecular flexibility index (Phi) is 4.85. The van der Waals surface area contributed by atoms with Crippen LogP contribution in [0.1, 0.15) is 13.8 Å². The summed E-state index contributed by atoms with van der Waals surface area (Å²) in [6.45, 7) is 5.19. The van der Waals surface area contributed by atoms with Crippen LogP contribution >= 0.6 is 8.61 Å². The first kappa shape index (κ1) is 11.4. The molecule has 0 heterocycles. The van der Waals surface area contributed by atoms with E-state index in [2.05, 4.69) is 0 Å². The Labute approximate surface area is 85.7 Å². The van der Waals surface area contributed by atoms with Crippen LogP contribution in [0.3, 0.4) is 0 Å². The lowest BCUT2D eigenvalue weighted by Gasteiger charge is -2.20. The molecule has 1 unspecified atom stereocenters. The van der Waals surface area contributed by atoms with E-state index < -0.39 is 8.61 Å². The number of benzene rings is 1. The predicted octanol–water partition coefficient (Wildman–Crippen LogP) is 3.60. The molecule has 1 aromatic carbocycles. The van der Waals surface area contributed by atoms with Crippen LogP contribution in [0.25, 0.3) is 0 Å². The van der Waals surface area contributed by atoms with Crippen molar-refractivity contribution in [2.75, 3.05) is 13.1 Å². The second kappa shape index (κ2) is 5.94. The topological polar surface area (TPSA) is 12.5 Å². The highest BCUT2D eigenvalue weighted by molar-refractivity contribution is 7.44. The molecule has 0 amide bonds. The Morgan fingerprint density at radius 1 is 1.21 bits per heavy atom. The maximum atomic E-state index is 13.5. The fourth-order valence-corrected chi connectivity index (χ4v) is 1.93. The van der Waals surface area contributed by atoms with E-state index in [0.29, 0.717) is 18.8 Å². The minimum Gasteiger partial charge on any atom is -0.433 e. The Morgan fingerprint density at radius 3 is 2.29 bits per heavy atom. The van der Waals surface area contributed by atoms with Gasteiger partial charge in [-0.25, -0.2) is 4.67 Å². The molecule has 0 bridgehead atoms. The molecular formula is C10H15FNOP. The summed E-state index contributed by atoms with van der Waals surface area (Å²) in [6.07, 6.45) is 0. The lowest BCUT2D eigenvalue weighted by molar-refractivity contribution is 0.410. The second-order valence-corrected chi connectivity index (χ2v) is 3.97. The van der Waals surface area contributed by atoms with E-state index >= 15 is 0 Å². The van der Waals surface area contributed by atoms with E-state index in [1.807, 2.05) is 32.0 Å². The zero-order valence-electron chi connectivity index (χ0n) is 8.48. The summed E-state index contributed by atoms with van der Waals surface area (Å²) >= 11 is 0. The Bertz CT molecular complexity index is 254. The first-order valence-electron chi connectivity index (χ1n) is 4.71. The average molecular weight is 215 g/mol. The van der Waals surface area contributed by atoms with E-state index in [-0.39, 0.29) is 0 Å². The molecule has 0 N–H and O–H groups in total. The van der Waals surface area contributed by atoms with E-state index in [0.717, 1.165) is 0 Å². The number of hydrogen-bond donors (Lipinski definition) is 0. The molecule has 0 saturated heterocycles. The summed E-state index contributed by atoms with van der Waals surface area (Å²) in [5, 5.41) is 0. The highest BCUT2D eigenvalue weighted by Crippen LogP contribution is 2.42. The number of hydrogen-bond acceptors (Lipinski definition) is 2. The lowest BCUT2D eigenvalue weighted by atomic mass is 10.3. The third-order valence-corrected chi connectivity index (χ3v) is 3.25. The summed E-state index contributed by atoms with van der Waals surface area (Å²) in [6, 6.07) is 9.07. The van der Waals surface area contributed by atoms with Gasteiger partial charge in [0, 0.05) is 13.1 Å². The molecule has 2 nitrogen and oxygen atoms in total. The minimum absolute atomic E-state index is 0.591. The zero-order chi connectivity index (χ0) is 10.4. The van der Waals surface area contributed by atoms with Crippen LogP contribution in [0.4, 0.5) is 4.20 Å². The van der Waals surface area contributed by atoms with Crippen molar-refractivity contribution in [3.05, 3.63) is 30.3 Å². The van der Waals surface area contributed by atoms with E-state index in [1.54, 1.807) is 16.8 Å². The van der Waals surface area contributed by atoms with Crippen molar-refractivity contribution in [3.63, 3.8) is 0 Å². The SMILES string of the molecule is CCN(CC)P(F)Oc1ccccc1. The van der Waals surface area contributed by atoms with Gasteiger partial charge in [-0.2, -0.15) is 4.20 Å². The van der Waals surface area contributed by atoms with Crippen LogP contribution in [0, 0.1) is 0 Å². The van der Waals surface area contributed by atoms with Gasteiger partial charge in [0.15, 0.2) is 0 Å². The van der Waals surface area contributed by atoms with Gasteiger partial charge in [-0.1, -0.05) is 32.0 Å². The quantitative estimate of drug-likeness (QED) is 0.696. The molecule has 0 spiro atoms. The monoisotopic (exact) mass is 215 g/mol. The lowest BCUT2D eigenvalue weighted by Crippen LogP contribution is -2.17. The molecule has 0 radical (unpaired) electrons. The van der Waals surface area contributed by atoms with Crippen molar-refractivity contribution in [2.45, 2.75) is 13.8 Å². The average Bonchev–Trinajstić information content (AvgIpc) is 2.21. The standard InChI is InChI=1S/C10H15FNOP/c1-3-12(4-2)14(11)13-10-8-6-5-7-9-10/h5-9H,3-4H2,1-2H3. The van der Waals surface area contributed by atoms with E-state index in [1.165, 1.54) is 0 Å². The molecular weight excluding hydrogens is 200 g/mol. The highest BCUT2D eigenvalue weighted by atomic mass is 31.2. The molecule has 1 rings (SSSR count). The first-order chi connectivity index (χ1) is 6.77. The Hall–Kier alpha value is -0.660. The summed E-state index contributed by atoms with van der Waals surface area (Å²) in [4.78, 5) is 0. The van der Waals surface area contributed by atoms with Crippen molar-refractivity contribution >= 4 is 8.61 Å². The van der Waals surface area contributed by atoms with E-state index in [9.17, 15) is 4.20 Å². The minimum atomic E-state index is -1.99. The fraction of sp³-hybridized carbons (Fsp3) is 0.400. The Balaban J connectivity index is 2.52. The molecule has 14 heavy (non-hydrogen) atoms. The zero-order valence-corrected chi connectivity index (χ0v) is 9.38. The van der Waals surface area contributed by atoms with Crippen LogP contribution in [-0.4, -0.2) is 17.8 Å². The van der Waals surface area contributed by atoms with E-state index in [4.69, 9.17) is 4.52 Å². The molecule has 0 aliphatic rings. The van der Waals surface area contributed by atoms with Gasteiger partial charge in [-0.05, 0) is 12.1 Å². The predicted molar refractivity (Wildman–Crippen MR) is 58.0 cm³/mol. The molecule has 4 heteroatoms. The first-order valence-corrected chi connectivity index (χ1v) is 5.82. The van der Waals surface area contributed by atoms with Gasteiger partial charge < -0.3 is 4.52 Å². The van der Waals surface area contributed by atoms with Gasteiger partial charge in [0.2, 0.25) is 0 Å². The molecule has 1 atom stereocenters. The van der Waals surface area contributed by atoms with Gasteiger partial charge in [0.1, 0.15) is 5.75 Å². The summed E-state index contributed by atoms with van der Waals surface area (Å²) in [7, 11) is -1.99. The van der Waals surface area contributed by atoms with Crippen LogP contribution < -0.4 is 4.52 Å². The van der Waals surface area contributed by atoms with Crippen molar-refractivity contribution in [3.8, 4) is 5.75 Å². The van der Waals surface area contributed by atoms with Crippen molar-refractivity contribution in [2.24, 2.45) is 0 Å². The van der Waals surface area contributed by atoms with Gasteiger partial charge in [-0.15, -0.1) is 0 Å². The van der Waals surface area contributed by atoms with Crippen LogP contribution in [0.2, 0.25) is 0 Å². The van der Waals surface area contributed by atoms with Crippen molar-refractivity contribution in [1.29, 1.82) is 0 Å². The van der Waals surface area contributed by atoms with Crippen LogP contribution in [0.5, 0.6) is 5.75 Å². The number of nitrogens with zero attached hydrogens (tertiary/aromatic N) is 1. The van der Waals surface area contributed by atoms with Gasteiger partial charge in [-0.3, -0.25) is 0 Å². The van der Waals surface area contributed by atoms with Crippen molar-refractivity contribution < 1.29 is 8.72 Å².